The molecule has 0 nitrogen and oxygen atoms in total. The predicted octanol–water partition coefficient (Wildman–Crippen LogP) is 3.83. The van der Waals surface area contributed by atoms with E-state index in [2.05, 4.69) is 43.3 Å². The van der Waals surface area contributed by atoms with Crippen molar-refractivity contribution in [1.29, 1.82) is 0 Å². The van der Waals surface area contributed by atoms with Gasteiger partial charge in [-0.05, 0) is 24.3 Å². The highest BCUT2D eigenvalue weighted by molar-refractivity contribution is 7.99. The smallest absolute Gasteiger partial charge is 0.0144 e. The second-order valence-electron chi connectivity index (χ2n) is 2.47. The molecule has 0 saturated heterocycles. The van der Waals surface area contributed by atoms with Gasteiger partial charge in [-0.2, -0.15) is 0 Å². The molecule has 1 heteroatoms. The van der Waals surface area contributed by atoms with Crippen LogP contribution in [0.2, 0.25) is 0 Å². The molecule has 0 aliphatic rings. The maximum atomic E-state index is 2.18. The quantitative estimate of drug-likeness (QED) is 0.634. The third-order valence-corrected chi connectivity index (χ3v) is 2.54. The lowest BCUT2D eigenvalue weighted by Gasteiger charge is -2.02. The number of benzene rings is 1. The molecule has 0 fully saturated rings. The van der Waals surface area contributed by atoms with E-state index in [4.69, 9.17) is 0 Å². The van der Waals surface area contributed by atoms with Crippen molar-refractivity contribution < 1.29 is 0 Å². The molecule has 1 aromatic rings. The lowest BCUT2D eigenvalue weighted by molar-refractivity contribution is 1.40. The molecular weight excluding hydrogens is 164 g/mol. The molecule has 0 aliphatic heterocycles. The first-order valence-electron chi connectivity index (χ1n) is 4.23. The maximum absolute atomic E-state index is 2.18. The van der Waals surface area contributed by atoms with Gasteiger partial charge in [-0.15, -0.1) is 11.8 Å². The van der Waals surface area contributed by atoms with Crippen LogP contribution >= 0.6 is 11.8 Å². The molecule has 64 valence electrons. The van der Waals surface area contributed by atoms with Crippen LogP contribution < -0.4 is 0 Å². The van der Waals surface area contributed by atoms with Gasteiger partial charge < -0.3 is 0 Å². The zero-order valence-electron chi connectivity index (χ0n) is 7.58. The average molecular weight is 178 g/mol. The van der Waals surface area contributed by atoms with Crippen molar-refractivity contribution in [3.05, 3.63) is 35.9 Å². The van der Waals surface area contributed by atoms with Crippen molar-refractivity contribution >= 4 is 17.8 Å². The van der Waals surface area contributed by atoms with Crippen molar-refractivity contribution in [3.8, 4) is 0 Å². The van der Waals surface area contributed by atoms with Crippen molar-refractivity contribution in [3.63, 3.8) is 0 Å². The molecule has 0 heterocycles. The van der Waals surface area contributed by atoms with Crippen molar-refractivity contribution in [2.75, 3.05) is 5.75 Å². The van der Waals surface area contributed by atoms with E-state index in [0.717, 1.165) is 5.75 Å². The van der Waals surface area contributed by atoms with Crippen LogP contribution in [0.3, 0.4) is 0 Å². The molecule has 0 amide bonds. The summed E-state index contributed by atoms with van der Waals surface area (Å²) >= 11 is 1.89. The monoisotopic (exact) mass is 178 g/mol. The third kappa shape index (κ3) is 2.42. The molecule has 0 saturated carbocycles. The lowest BCUT2D eigenvalue weighted by Crippen LogP contribution is -1.78. The van der Waals surface area contributed by atoms with Gasteiger partial charge in [0.1, 0.15) is 0 Å². The molecule has 0 aromatic heterocycles. The normalized spacial score (nSPS) is 10.8. The summed E-state index contributed by atoms with van der Waals surface area (Å²) in [5.41, 5.74) is 1.33. The fourth-order valence-corrected chi connectivity index (χ4v) is 1.87. The first-order chi connectivity index (χ1) is 5.88. The van der Waals surface area contributed by atoms with E-state index < -0.39 is 0 Å². The summed E-state index contributed by atoms with van der Waals surface area (Å²) in [7, 11) is 0. The van der Waals surface area contributed by atoms with E-state index in [9.17, 15) is 0 Å². The van der Waals surface area contributed by atoms with E-state index >= 15 is 0 Å². The summed E-state index contributed by atoms with van der Waals surface area (Å²) in [4.78, 5) is 1.37. The van der Waals surface area contributed by atoms with E-state index in [-0.39, 0.29) is 0 Å². The average Bonchev–Trinajstić information content (AvgIpc) is 2.09. The van der Waals surface area contributed by atoms with Crippen LogP contribution in [0.1, 0.15) is 19.4 Å². The van der Waals surface area contributed by atoms with Crippen molar-refractivity contribution in [2.45, 2.75) is 18.7 Å². The van der Waals surface area contributed by atoms with Crippen LogP contribution in [0.4, 0.5) is 0 Å². The SMILES string of the molecule is C/C=C/c1ccccc1SCC. The number of hydrogen-bond donors (Lipinski definition) is 0. The minimum atomic E-state index is 1.13. The molecule has 1 rings (SSSR count). The van der Waals surface area contributed by atoms with Gasteiger partial charge in [0.25, 0.3) is 0 Å². The summed E-state index contributed by atoms with van der Waals surface area (Å²) in [5, 5.41) is 0. The molecular formula is C11H14S. The van der Waals surface area contributed by atoms with Crippen LogP contribution in [0.25, 0.3) is 6.08 Å². The Morgan fingerprint density at radius 3 is 2.75 bits per heavy atom. The highest BCUT2D eigenvalue weighted by Crippen LogP contribution is 2.22. The fraction of sp³-hybridized carbons (Fsp3) is 0.273. The van der Waals surface area contributed by atoms with E-state index in [1.807, 2.05) is 18.7 Å². The third-order valence-electron chi connectivity index (χ3n) is 1.57. The molecule has 0 bridgehead atoms. The molecule has 1 aromatic carbocycles. The summed E-state index contributed by atoms with van der Waals surface area (Å²) in [6.45, 7) is 4.23. The Kier molecular flexibility index (Phi) is 3.95. The molecule has 0 aliphatic carbocycles. The van der Waals surface area contributed by atoms with Crippen LogP contribution in [0.15, 0.2) is 35.2 Å². The summed E-state index contributed by atoms with van der Waals surface area (Å²) in [5.74, 6) is 1.13. The molecule has 0 unspecified atom stereocenters. The summed E-state index contributed by atoms with van der Waals surface area (Å²) < 4.78 is 0. The first-order valence-corrected chi connectivity index (χ1v) is 5.21. The lowest BCUT2D eigenvalue weighted by atomic mass is 10.2. The zero-order chi connectivity index (χ0) is 8.81. The molecule has 0 atom stereocenters. The van der Waals surface area contributed by atoms with Gasteiger partial charge in [0.15, 0.2) is 0 Å². The Morgan fingerprint density at radius 2 is 2.08 bits per heavy atom. The van der Waals surface area contributed by atoms with E-state index in [1.54, 1.807) is 0 Å². The van der Waals surface area contributed by atoms with Gasteiger partial charge >= 0.3 is 0 Å². The van der Waals surface area contributed by atoms with Crippen LogP contribution in [0.5, 0.6) is 0 Å². The molecule has 0 N–H and O–H groups in total. The van der Waals surface area contributed by atoms with Crippen LogP contribution in [-0.4, -0.2) is 5.75 Å². The van der Waals surface area contributed by atoms with Gasteiger partial charge in [-0.25, -0.2) is 0 Å². The number of allylic oxidation sites excluding steroid dienone is 1. The van der Waals surface area contributed by atoms with Gasteiger partial charge in [-0.1, -0.05) is 37.3 Å². The maximum Gasteiger partial charge on any atom is 0.0144 e. The predicted molar refractivity (Wildman–Crippen MR) is 57.5 cm³/mol. The highest BCUT2D eigenvalue weighted by atomic mass is 32.2. The molecule has 12 heavy (non-hydrogen) atoms. The Labute approximate surface area is 78.7 Å². The van der Waals surface area contributed by atoms with Crippen LogP contribution in [-0.2, 0) is 0 Å². The largest absolute Gasteiger partial charge is 0.126 e. The highest BCUT2D eigenvalue weighted by Gasteiger charge is 1.95. The topological polar surface area (TPSA) is 0 Å². The van der Waals surface area contributed by atoms with Gasteiger partial charge in [0, 0.05) is 4.90 Å². The first kappa shape index (κ1) is 9.40. The Balaban J connectivity index is 2.91. The second-order valence-corrected chi connectivity index (χ2v) is 3.78. The van der Waals surface area contributed by atoms with Crippen molar-refractivity contribution in [1.82, 2.24) is 0 Å². The number of rotatable bonds is 3. The van der Waals surface area contributed by atoms with Crippen molar-refractivity contribution in [2.24, 2.45) is 0 Å². The number of hydrogen-bond acceptors (Lipinski definition) is 1. The standard InChI is InChI=1S/C11H14S/c1-3-7-10-8-5-6-9-11(10)12-4-2/h3,5-9H,4H2,1-2H3/b7-3+. The molecule has 0 spiro atoms. The van der Waals surface area contributed by atoms with Gasteiger partial charge in [0.05, 0.1) is 0 Å². The Bertz CT molecular complexity index is 263. The summed E-state index contributed by atoms with van der Waals surface area (Å²) in [6.07, 6.45) is 4.23. The Morgan fingerprint density at radius 1 is 1.33 bits per heavy atom. The minimum absolute atomic E-state index is 1.13. The summed E-state index contributed by atoms with van der Waals surface area (Å²) in [6, 6.07) is 8.49. The van der Waals surface area contributed by atoms with E-state index in [0.29, 0.717) is 0 Å². The minimum Gasteiger partial charge on any atom is -0.126 e. The van der Waals surface area contributed by atoms with E-state index in [1.165, 1.54) is 10.5 Å². The number of thioether (sulfide) groups is 1. The Hall–Kier alpha value is -0.690. The van der Waals surface area contributed by atoms with Gasteiger partial charge in [-0.3, -0.25) is 0 Å². The fourth-order valence-electron chi connectivity index (χ4n) is 1.08. The van der Waals surface area contributed by atoms with Crippen LogP contribution in [0, 0.1) is 0 Å². The second kappa shape index (κ2) is 5.04. The zero-order valence-corrected chi connectivity index (χ0v) is 8.40. The molecule has 0 radical (unpaired) electrons. The van der Waals surface area contributed by atoms with Gasteiger partial charge in [0.2, 0.25) is 0 Å².